The molecule has 2 heterocycles. The van der Waals surface area contributed by atoms with Crippen LogP contribution in [-0.2, 0) is 0 Å². The molecule has 2 aromatic rings. The number of nitrogens with one attached hydrogen (secondary N) is 1. The van der Waals surface area contributed by atoms with Crippen LogP contribution >= 0.6 is 11.3 Å². The van der Waals surface area contributed by atoms with Gasteiger partial charge in [0.1, 0.15) is 29.2 Å². The molecule has 0 aliphatic heterocycles. The highest BCUT2D eigenvalue weighted by Gasteiger charge is 2.07. The third-order valence-corrected chi connectivity index (χ3v) is 2.85. The van der Waals surface area contributed by atoms with E-state index in [1.54, 1.807) is 12.1 Å². The van der Waals surface area contributed by atoms with Crippen molar-refractivity contribution in [2.45, 2.75) is 6.92 Å². The number of hydrogen-bond acceptors (Lipinski definition) is 6. The molecular weight excluding hydrogens is 248 g/mol. The molecule has 0 aromatic carbocycles. The Morgan fingerprint density at radius 1 is 1.44 bits per heavy atom. The lowest BCUT2D eigenvalue weighted by atomic mass is 10.3. The first-order valence-corrected chi connectivity index (χ1v) is 5.90. The van der Waals surface area contributed by atoms with E-state index in [0.29, 0.717) is 10.9 Å². The highest BCUT2D eigenvalue weighted by molar-refractivity contribution is 7.14. The van der Waals surface area contributed by atoms with Crippen molar-refractivity contribution >= 4 is 16.5 Å². The molecule has 88 valence electrons. The molecule has 0 aliphatic carbocycles. The van der Waals surface area contributed by atoms with Gasteiger partial charge in [-0.1, -0.05) is 0 Å². The van der Waals surface area contributed by atoms with Crippen LogP contribution in [-0.4, -0.2) is 4.98 Å². The largest absolute Gasteiger partial charge is 0.460 e. The SMILES string of the molecule is Cc1ccc(-c2csc(NC=C(C#N)C#N)n2)o1. The summed E-state index contributed by atoms with van der Waals surface area (Å²) >= 11 is 1.37. The molecule has 1 N–H and O–H groups in total. The lowest BCUT2D eigenvalue weighted by molar-refractivity contribution is 0.547. The lowest BCUT2D eigenvalue weighted by Crippen LogP contribution is -1.88. The highest BCUT2D eigenvalue weighted by atomic mass is 32.1. The molecule has 0 saturated heterocycles. The average Bonchev–Trinajstić information content (AvgIpc) is 2.99. The van der Waals surface area contributed by atoms with Gasteiger partial charge in [0.2, 0.25) is 0 Å². The van der Waals surface area contributed by atoms with E-state index in [9.17, 15) is 0 Å². The maximum atomic E-state index is 8.58. The molecule has 0 aliphatic rings. The fraction of sp³-hybridized carbons (Fsp3) is 0.0833. The zero-order chi connectivity index (χ0) is 13.0. The summed E-state index contributed by atoms with van der Waals surface area (Å²) in [5.74, 6) is 1.52. The predicted molar refractivity (Wildman–Crippen MR) is 67.5 cm³/mol. The molecule has 6 heteroatoms. The van der Waals surface area contributed by atoms with E-state index in [0.717, 1.165) is 11.5 Å². The van der Waals surface area contributed by atoms with Crippen molar-refractivity contribution in [2.24, 2.45) is 0 Å². The lowest BCUT2D eigenvalue weighted by Gasteiger charge is -1.92. The number of nitriles is 2. The van der Waals surface area contributed by atoms with Gasteiger partial charge >= 0.3 is 0 Å². The number of thiazole rings is 1. The molecule has 0 unspecified atom stereocenters. The summed E-state index contributed by atoms with van der Waals surface area (Å²) in [5.41, 5.74) is 0.722. The number of furan rings is 1. The van der Waals surface area contributed by atoms with Gasteiger partial charge in [0.15, 0.2) is 10.9 Å². The van der Waals surface area contributed by atoms with Gasteiger partial charge in [0.05, 0.1) is 0 Å². The van der Waals surface area contributed by atoms with Crippen molar-refractivity contribution in [3.05, 3.63) is 35.0 Å². The Morgan fingerprint density at radius 3 is 2.83 bits per heavy atom. The number of rotatable bonds is 3. The minimum Gasteiger partial charge on any atom is -0.460 e. The fourth-order valence-electron chi connectivity index (χ4n) is 1.25. The van der Waals surface area contributed by atoms with E-state index in [4.69, 9.17) is 14.9 Å². The maximum absolute atomic E-state index is 8.58. The van der Waals surface area contributed by atoms with Gasteiger partial charge in [-0.05, 0) is 19.1 Å². The van der Waals surface area contributed by atoms with E-state index < -0.39 is 0 Å². The first kappa shape index (κ1) is 11.9. The number of aromatic nitrogens is 1. The van der Waals surface area contributed by atoms with Gasteiger partial charge in [0.25, 0.3) is 0 Å². The van der Waals surface area contributed by atoms with Crippen molar-refractivity contribution in [3.8, 4) is 23.6 Å². The van der Waals surface area contributed by atoms with Crippen LogP contribution in [0.1, 0.15) is 5.76 Å². The molecule has 0 spiro atoms. The number of hydrogen-bond donors (Lipinski definition) is 1. The number of aryl methyl sites for hydroxylation is 1. The second kappa shape index (κ2) is 5.17. The quantitative estimate of drug-likeness (QED) is 0.853. The first-order valence-electron chi connectivity index (χ1n) is 5.02. The summed E-state index contributed by atoms with van der Waals surface area (Å²) < 4.78 is 5.45. The molecular formula is C12H8N4OS. The van der Waals surface area contributed by atoms with Crippen LogP contribution in [0.5, 0.6) is 0 Å². The molecule has 0 radical (unpaired) electrons. The normalized spacial score (nSPS) is 9.28. The fourth-order valence-corrected chi connectivity index (χ4v) is 1.92. The van der Waals surface area contributed by atoms with E-state index in [1.807, 2.05) is 24.4 Å². The van der Waals surface area contributed by atoms with Crippen molar-refractivity contribution in [3.63, 3.8) is 0 Å². The molecule has 0 saturated carbocycles. The van der Waals surface area contributed by atoms with E-state index >= 15 is 0 Å². The summed E-state index contributed by atoms with van der Waals surface area (Å²) in [6.07, 6.45) is 1.33. The minimum atomic E-state index is 0.000549. The monoisotopic (exact) mass is 256 g/mol. The Labute approximate surface area is 108 Å². The Hall–Kier alpha value is -2.57. The van der Waals surface area contributed by atoms with Crippen molar-refractivity contribution in [1.29, 1.82) is 10.5 Å². The summed E-state index contributed by atoms with van der Waals surface area (Å²) in [7, 11) is 0. The maximum Gasteiger partial charge on any atom is 0.187 e. The van der Waals surface area contributed by atoms with E-state index in [1.165, 1.54) is 17.5 Å². The third-order valence-electron chi connectivity index (χ3n) is 2.08. The molecule has 5 nitrogen and oxygen atoms in total. The number of anilines is 1. The highest BCUT2D eigenvalue weighted by Crippen LogP contribution is 2.26. The Bertz CT molecular complexity index is 653. The van der Waals surface area contributed by atoms with E-state index in [-0.39, 0.29) is 5.57 Å². The van der Waals surface area contributed by atoms with Gasteiger partial charge in [-0.15, -0.1) is 11.3 Å². The van der Waals surface area contributed by atoms with Gasteiger partial charge in [-0.25, -0.2) is 4.98 Å². The first-order chi connectivity index (χ1) is 8.72. The summed E-state index contributed by atoms with van der Waals surface area (Å²) in [6.45, 7) is 1.86. The van der Waals surface area contributed by atoms with Gasteiger partial charge in [-0.2, -0.15) is 10.5 Å². The van der Waals surface area contributed by atoms with Crippen LogP contribution in [0, 0.1) is 29.6 Å². The Kier molecular flexibility index (Phi) is 3.42. The number of nitrogens with zero attached hydrogens (tertiary/aromatic N) is 3. The van der Waals surface area contributed by atoms with Crippen LogP contribution in [0.25, 0.3) is 11.5 Å². The zero-order valence-corrected chi connectivity index (χ0v) is 10.3. The standard InChI is InChI=1S/C12H8N4OS/c1-8-2-3-11(17-8)10-7-18-12(16-10)15-6-9(4-13)5-14/h2-3,6-7H,1H3,(H,15,16). The molecule has 0 atom stereocenters. The van der Waals surface area contributed by atoms with Crippen LogP contribution in [0.2, 0.25) is 0 Å². The smallest absolute Gasteiger partial charge is 0.187 e. The molecule has 18 heavy (non-hydrogen) atoms. The predicted octanol–water partition coefficient (Wildman–Crippen LogP) is 3.05. The van der Waals surface area contributed by atoms with Crippen LogP contribution in [0.3, 0.4) is 0 Å². The summed E-state index contributed by atoms with van der Waals surface area (Å²) in [4.78, 5) is 4.28. The van der Waals surface area contributed by atoms with Crippen LogP contribution in [0.4, 0.5) is 5.13 Å². The van der Waals surface area contributed by atoms with Crippen molar-refractivity contribution < 1.29 is 4.42 Å². The second-order valence-electron chi connectivity index (χ2n) is 3.37. The van der Waals surface area contributed by atoms with Crippen LogP contribution < -0.4 is 5.32 Å². The van der Waals surface area contributed by atoms with Gasteiger partial charge < -0.3 is 9.73 Å². The average molecular weight is 256 g/mol. The van der Waals surface area contributed by atoms with E-state index in [2.05, 4.69) is 10.3 Å². The molecule has 0 fully saturated rings. The molecule has 2 rings (SSSR count). The summed E-state index contributed by atoms with van der Waals surface area (Å²) in [6, 6.07) is 7.23. The minimum absolute atomic E-state index is 0.000549. The molecule has 0 bridgehead atoms. The van der Waals surface area contributed by atoms with Crippen molar-refractivity contribution in [1.82, 2.24) is 4.98 Å². The molecule has 0 amide bonds. The third kappa shape index (κ3) is 2.57. The van der Waals surface area contributed by atoms with Crippen LogP contribution in [0.15, 0.2) is 33.7 Å². The zero-order valence-electron chi connectivity index (χ0n) is 9.47. The van der Waals surface area contributed by atoms with Gasteiger partial charge in [-0.3, -0.25) is 0 Å². The topological polar surface area (TPSA) is 85.6 Å². The number of allylic oxidation sites excluding steroid dienone is 1. The van der Waals surface area contributed by atoms with Crippen molar-refractivity contribution in [2.75, 3.05) is 5.32 Å². The molecule has 2 aromatic heterocycles. The Balaban J connectivity index is 2.15. The van der Waals surface area contributed by atoms with Gasteiger partial charge in [0, 0.05) is 11.6 Å². The Morgan fingerprint density at radius 2 is 2.22 bits per heavy atom. The summed E-state index contributed by atoms with van der Waals surface area (Å²) in [5, 5.41) is 22.4. The second-order valence-corrected chi connectivity index (χ2v) is 4.23.